The van der Waals surface area contributed by atoms with Crippen LogP contribution in [0.3, 0.4) is 0 Å². The van der Waals surface area contributed by atoms with E-state index in [-0.39, 0.29) is 11.9 Å². The Kier molecular flexibility index (Phi) is 5.17. The van der Waals surface area contributed by atoms with Crippen LogP contribution >= 0.6 is 11.3 Å². The third-order valence-electron chi connectivity index (χ3n) is 3.92. The third-order valence-corrected chi connectivity index (χ3v) is 4.98. The number of carbonyl (C=O) groups excluding carboxylic acids is 1. The Morgan fingerprint density at radius 2 is 2.19 bits per heavy atom. The van der Waals surface area contributed by atoms with E-state index in [1.807, 2.05) is 24.6 Å². The average Bonchev–Trinajstić information content (AvgIpc) is 2.99. The van der Waals surface area contributed by atoms with Crippen molar-refractivity contribution in [2.45, 2.75) is 46.6 Å². The van der Waals surface area contributed by atoms with E-state index in [9.17, 15) is 4.79 Å². The molecular weight excluding hydrogens is 282 g/mol. The molecule has 0 radical (unpaired) electrons. The molecule has 1 N–H and O–H groups in total. The predicted octanol–water partition coefficient (Wildman–Crippen LogP) is 3.18. The van der Waals surface area contributed by atoms with Gasteiger partial charge < -0.3 is 9.88 Å². The van der Waals surface area contributed by atoms with E-state index >= 15 is 0 Å². The molecule has 2 heterocycles. The minimum atomic E-state index is 0.0974. The Balaban J connectivity index is 1.78. The highest BCUT2D eigenvalue weighted by molar-refractivity contribution is 7.10. The Morgan fingerprint density at radius 3 is 2.76 bits per heavy atom. The Hall–Kier alpha value is -1.62. The van der Waals surface area contributed by atoms with Crippen LogP contribution in [0.2, 0.25) is 0 Å². The Bertz CT molecular complexity index is 615. The van der Waals surface area contributed by atoms with Gasteiger partial charge in [-0.25, -0.2) is 4.98 Å². The quantitative estimate of drug-likeness (QED) is 0.891. The van der Waals surface area contributed by atoms with Crippen LogP contribution in [0.1, 0.15) is 41.2 Å². The maximum absolute atomic E-state index is 12.0. The van der Waals surface area contributed by atoms with Gasteiger partial charge in [0.05, 0.1) is 0 Å². The Labute approximate surface area is 130 Å². The van der Waals surface area contributed by atoms with Crippen LogP contribution in [0.5, 0.6) is 0 Å². The molecular formula is C16H23N3OS. The van der Waals surface area contributed by atoms with E-state index in [1.165, 1.54) is 16.0 Å². The number of rotatable bonds is 6. The van der Waals surface area contributed by atoms with Crippen molar-refractivity contribution in [3.05, 3.63) is 39.6 Å². The fraction of sp³-hybridized carbons (Fsp3) is 0.500. The number of nitrogens with zero attached hydrogens (tertiary/aromatic N) is 2. The first-order valence-corrected chi connectivity index (χ1v) is 8.16. The highest BCUT2D eigenvalue weighted by Gasteiger charge is 2.12. The highest BCUT2D eigenvalue weighted by Crippen LogP contribution is 2.20. The topological polar surface area (TPSA) is 46.9 Å². The van der Waals surface area contributed by atoms with Gasteiger partial charge in [0.2, 0.25) is 5.91 Å². The second-order valence-corrected chi connectivity index (χ2v) is 6.56. The summed E-state index contributed by atoms with van der Waals surface area (Å²) in [6.45, 7) is 8.98. The second-order valence-electron chi connectivity index (χ2n) is 5.48. The maximum Gasteiger partial charge on any atom is 0.222 e. The van der Waals surface area contributed by atoms with Crippen LogP contribution in [0.4, 0.5) is 0 Å². The molecule has 2 aromatic heterocycles. The fourth-order valence-electron chi connectivity index (χ4n) is 2.44. The molecule has 0 unspecified atom stereocenters. The first-order chi connectivity index (χ1) is 9.99. The zero-order chi connectivity index (χ0) is 15.4. The van der Waals surface area contributed by atoms with Crippen LogP contribution in [0.15, 0.2) is 17.8 Å². The van der Waals surface area contributed by atoms with Gasteiger partial charge in [0.25, 0.3) is 0 Å². The van der Waals surface area contributed by atoms with Gasteiger partial charge in [-0.1, -0.05) is 0 Å². The first kappa shape index (κ1) is 15.8. The van der Waals surface area contributed by atoms with Crippen molar-refractivity contribution in [1.82, 2.24) is 14.9 Å². The zero-order valence-electron chi connectivity index (χ0n) is 13.1. The van der Waals surface area contributed by atoms with Crippen LogP contribution < -0.4 is 5.32 Å². The van der Waals surface area contributed by atoms with Crippen molar-refractivity contribution in [3.8, 4) is 0 Å². The van der Waals surface area contributed by atoms with E-state index in [1.54, 1.807) is 17.5 Å². The number of thiophene rings is 1. The van der Waals surface area contributed by atoms with Crippen molar-refractivity contribution in [2.24, 2.45) is 0 Å². The molecule has 21 heavy (non-hydrogen) atoms. The smallest absolute Gasteiger partial charge is 0.222 e. The summed E-state index contributed by atoms with van der Waals surface area (Å²) in [5, 5.41) is 5.20. The van der Waals surface area contributed by atoms with E-state index in [0.717, 1.165) is 12.2 Å². The molecule has 0 fully saturated rings. The summed E-state index contributed by atoms with van der Waals surface area (Å²) in [6, 6.07) is 0.137. The first-order valence-electron chi connectivity index (χ1n) is 7.28. The van der Waals surface area contributed by atoms with Crippen molar-refractivity contribution in [2.75, 3.05) is 6.54 Å². The normalized spacial score (nSPS) is 12.4. The minimum Gasteiger partial charge on any atom is -0.356 e. The number of hydrogen-bond acceptors (Lipinski definition) is 3. The summed E-state index contributed by atoms with van der Waals surface area (Å²) in [5.41, 5.74) is 2.70. The van der Waals surface area contributed by atoms with Gasteiger partial charge in [-0.3, -0.25) is 4.79 Å². The van der Waals surface area contributed by atoms with Crippen molar-refractivity contribution < 1.29 is 4.79 Å². The molecule has 4 nitrogen and oxygen atoms in total. The molecule has 2 aromatic rings. The molecule has 1 atom stereocenters. The largest absolute Gasteiger partial charge is 0.356 e. The summed E-state index contributed by atoms with van der Waals surface area (Å²) in [4.78, 5) is 17.6. The Morgan fingerprint density at radius 1 is 1.43 bits per heavy atom. The number of nitrogens with one attached hydrogen (secondary N) is 1. The number of hydrogen-bond donors (Lipinski definition) is 1. The van der Waals surface area contributed by atoms with Crippen LogP contribution in [-0.2, 0) is 11.2 Å². The third kappa shape index (κ3) is 3.94. The molecule has 0 aliphatic heterocycles. The lowest BCUT2D eigenvalue weighted by molar-refractivity contribution is -0.121. The second kappa shape index (κ2) is 6.89. The average molecular weight is 305 g/mol. The number of amides is 1. The predicted molar refractivity (Wildman–Crippen MR) is 86.8 cm³/mol. The molecule has 0 aliphatic rings. The van der Waals surface area contributed by atoms with Crippen molar-refractivity contribution in [3.63, 3.8) is 0 Å². The van der Waals surface area contributed by atoms with E-state index < -0.39 is 0 Å². The number of imidazole rings is 1. The summed E-state index contributed by atoms with van der Waals surface area (Å²) in [5.74, 6) is 1.04. The number of carbonyl (C=O) groups is 1. The lowest BCUT2D eigenvalue weighted by Gasteiger charge is -2.14. The zero-order valence-corrected chi connectivity index (χ0v) is 14.0. The highest BCUT2D eigenvalue weighted by atomic mass is 32.1. The molecule has 0 saturated heterocycles. The summed E-state index contributed by atoms with van der Waals surface area (Å²) in [7, 11) is 0. The van der Waals surface area contributed by atoms with Gasteiger partial charge in [0.1, 0.15) is 5.82 Å². The lowest BCUT2D eigenvalue weighted by atomic mass is 10.1. The van der Waals surface area contributed by atoms with Crippen molar-refractivity contribution >= 4 is 17.2 Å². The number of aromatic nitrogens is 2. The van der Waals surface area contributed by atoms with Gasteiger partial charge in [0.15, 0.2) is 0 Å². The van der Waals surface area contributed by atoms with Crippen LogP contribution in [0, 0.1) is 20.8 Å². The fourth-order valence-corrected chi connectivity index (χ4v) is 3.36. The van der Waals surface area contributed by atoms with Gasteiger partial charge in [-0.05, 0) is 50.6 Å². The number of aryl methyl sites for hydroxylation is 2. The summed E-state index contributed by atoms with van der Waals surface area (Å²) >= 11 is 1.78. The van der Waals surface area contributed by atoms with Crippen LogP contribution in [-0.4, -0.2) is 22.0 Å². The maximum atomic E-state index is 12.0. The molecule has 2 rings (SSSR count). The van der Waals surface area contributed by atoms with Gasteiger partial charge in [-0.2, -0.15) is 0 Å². The minimum absolute atomic E-state index is 0.0974. The molecule has 0 saturated carbocycles. The molecule has 1 amide bonds. The van der Waals surface area contributed by atoms with Crippen LogP contribution in [0.25, 0.3) is 0 Å². The molecule has 0 aliphatic carbocycles. The van der Waals surface area contributed by atoms with Gasteiger partial charge in [-0.15, -0.1) is 11.3 Å². The van der Waals surface area contributed by atoms with Gasteiger partial charge in [0, 0.05) is 36.3 Å². The molecule has 114 valence electrons. The monoisotopic (exact) mass is 305 g/mol. The van der Waals surface area contributed by atoms with E-state index in [2.05, 4.69) is 29.5 Å². The standard InChI is InChI=1S/C16H23N3OS/c1-11(19-8-7-17-14(19)4)9-16(20)18-6-5-15-10-21-13(3)12(15)2/h7-8,10-11H,5-6,9H2,1-4H3,(H,18,20)/t11-/m0/s1. The summed E-state index contributed by atoms with van der Waals surface area (Å²) in [6.07, 6.45) is 5.08. The van der Waals surface area contributed by atoms with Gasteiger partial charge >= 0.3 is 0 Å². The van der Waals surface area contributed by atoms with Crippen molar-refractivity contribution in [1.29, 1.82) is 0 Å². The molecule has 0 spiro atoms. The van der Waals surface area contributed by atoms with E-state index in [4.69, 9.17) is 0 Å². The molecule has 5 heteroatoms. The summed E-state index contributed by atoms with van der Waals surface area (Å²) < 4.78 is 2.03. The SMILES string of the molecule is Cc1scc(CCNC(=O)C[C@H](C)n2ccnc2C)c1C. The van der Waals surface area contributed by atoms with E-state index in [0.29, 0.717) is 13.0 Å². The molecule has 0 aromatic carbocycles. The lowest BCUT2D eigenvalue weighted by Crippen LogP contribution is -2.28. The molecule has 0 bridgehead atoms.